The van der Waals surface area contributed by atoms with Crippen LogP contribution in [-0.2, 0) is 6.42 Å². The lowest BCUT2D eigenvalue weighted by Gasteiger charge is -2.06. The van der Waals surface area contributed by atoms with Gasteiger partial charge in [0.15, 0.2) is 0 Å². The minimum atomic E-state index is 1.04. The van der Waals surface area contributed by atoms with E-state index in [1.807, 2.05) is 0 Å². The van der Waals surface area contributed by atoms with E-state index < -0.39 is 0 Å². The van der Waals surface area contributed by atoms with Gasteiger partial charge in [-0.15, -0.1) is 0 Å². The lowest BCUT2D eigenvalue weighted by Crippen LogP contribution is -1.91. The second-order valence-electron chi connectivity index (χ2n) is 4.41. The molecule has 0 aliphatic heterocycles. The van der Waals surface area contributed by atoms with Crippen LogP contribution in [0, 0.1) is 20.8 Å². The number of aryl methyl sites for hydroxylation is 3. The van der Waals surface area contributed by atoms with Gasteiger partial charge in [0.1, 0.15) is 0 Å². The van der Waals surface area contributed by atoms with Crippen LogP contribution < -0.4 is 0 Å². The molecule has 0 spiro atoms. The summed E-state index contributed by atoms with van der Waals surface area (Å²) in [5.41, 5.74) is 9.29. The maximum absolute atomic E-state index is 4.41. The molecule has 76 valence electrons. The van der Waals surface area contributed by atoms with Crippen molar-refractivity contribution in [1.82, 2.24) is 10.2 Å². The number of fused-ring (bicyclic) bond motifs is 3. The van der Waals surface area contributed by atoms with Gasteiger partial charge in [0, 0.05) is 23.2 Å². The summed E-state index contributed by atoms with van der Waals surface area (Å²) in [5.74, 6) is 0. The zero-order valence-electron chi connectivity index (χ0n) is 9.31. The molecule has 15 heavy (non-hydrogen) atoms. The quantitative estimate of drug-likeness (QED) is 0.591. The van der Waals surface area contributed by atoms with Gasteiger partial charge in [-0.2, -0.15) is 5.10 Å². The Morgan fingerprint density at radius 1 is 1.07 bits per heavy atom. The molecule has 0 bridgehead atoms. The summed E-state index contributed by atoms with van der Waals surface area (Å²) in [4.78, 5) is 0. The van der Waals surface area contributed by atoms with Crippen LogP contribution in [0.5, 0.6) is 0 Å². The molecule has 2 nitrogen and oxygen atoms in total. The van der Waals surface area contributed by atoms with E-state index in [9.17, 15) is 0 Å². The first-order valence-corrected chi connectivity index (χ1v) is 5.32. The van der Waals surface area contributed by atoms with Crippen molar-refractivity contribution >= 4 is 0 Å². The maximum Gasteiger partial charge on any atom is 0.0964 e. The topological polar surface area (TPSA) is 28.7 Å². The van der Waals surface area contributed by atoms with Crippen molar-refractivity contribution in [3.05, 3.63) is 40.1 Å². The molecule has 3 rings (SSSR count). The Morgan fingerprint density at radius 3 is 2.60 bits per heavy atom. The van der Waals surface area contributed by atoms with Gasteiger partial charge in [0.25, 0.3) is 0 Å². The van der Waals surface area contributed by atoms with E-state index in [0.29, 0.717) is 0 Å². The fourth-order valence-corrected chi connectivity index (χ4v) is 2.48. The maximum atomic E-state index is 4.41. The van der Waals surface area contributed by atoms with E-state index >= 15 is 0 Å². The van der Waals surface area contributed by atoms with E-state index in [4.69, 9.17) is 0 Å². The summed E-state index contributed by atoms with van der Waals surface area (Å²) in [7, 11) is 0. The number of nitrogens with zero attached hydrogens (tertiary/aromatic N) is 1. The van der Waals surface area contributed by atoms with Crippen molar-refractivity contribution in [1.29, 1.82) is 0 Å². The minimum absolute atomic E-state index is 1.04. The molecule has 2 aromatic rings. The molecule has 2 heteroatoms. The molecular weight excluding hydrogens is 184 g/mol. The molecule has 0 unspecified atom stereocenters. The smallest absolute Gasteiger partial charge is 0.0964 e. The summed E-state index contributed by atoms with van der Waals surface area (Å²) in [6.07, 6.45) is 1.04. The molecule has 1 aliphatic rings. The van der Waals surface area contributed by atoms with Gasteiger partial charge < -0.3 is 0 Å². The van der Waals surface area contributed by atoms with Crippen molar-refractivity contribution in [2.75, 3.05) is 0 Å². The second-order valence-corrected chi connectivity index (χ2v) is 4.41. The molecule has 0 saturated carbocycles. The number of rotatable bonds is 0. The van der Waals surface area contributed by atoms with Gasteiger partial charge in [-0.1, -0.05) is 12.1 Å². The molecule has 0 fully saturated rings. The van der Waals surface area contributed by atoms with Crippen LogP contribution in [0.1, 0.15) is 27.9 Å². The number of nitrogens with one attached hydrogen (secondary N) is 1. The lowest BCUT2D eigenvalue weighted by molar-refractivity contribution is 1.03. The highest BCUT2D eigenvalue weighted by atomic mass is 15.1. The third kappa shape index (κ3) is 1.02. The summed E-state index contributed by atoms with van der Waals surface area (Å²) in [5, 5.41) is 7.49. The SMILES string of the molecule is Cc1ccc(C)c2c1Cc1c-2n[nH]c1C. The van der Waals surface area contributed by atoms with Gasteiger partial charge in [-0.25, -0.2) is 0 Å². The average Bonchev–Trinajstić information content (AvgIpc) is 2.74. The second kappa shape index (κ2) is 2.72. The third-order valence-electron chi connectivity index (χ3n) is 3.42. The Bertz CT molecular complexity index is 550. The highest BCUT2D eigenvalue weighted by Gasteiger charge is 2.25. The molecule has 0 amide bonds. The van der Waals surface area contributed by atoms with Crippen molar-refractivity contribution in [3.63, 3.8) is 0 Å². The predicted molar refractivity (Wildman–Crippen MR) is 61.0 cm³/mol. The summed E-state index contributed by atoms with van der Waals surface area (Å²) in [6.45, 7) is 6.45. The van der Waals surface area contributed by atoms with Crippen LogP contribution in [0.25, 0.3) is 11.3 Å². The zero-order chi connectivity index (χ0) is 10.6. The standard InChI is InChI=1S/C13H14N2/c1-7-4-5-8(2)12-10(7)6-11-9(3)14-15-13(11)12/h4-5H,6H2,1-3H3,(H,14,15). The van der Waals surface area contributed by atoms with E-state index in [0.717, 1.165) is 6.42 Å². The van der Waals surface area contributed by atoms with Crippen molar-refractivity contribution in [2.24, 2.45) is 0 Å². The molecule has 0 radical (unpaired) electrons. The number of benzene rings is 1. The van der Waals surface area contributed by atoms with Crippen LogP contribution >= 0.6 is 0 Å². The minimum Gasteiger partial charge on any atom is -0.282 e. The molecule has 0 saturated heterocycles. The van der Waals surface area contributed by atoms with Crippen LogP contribution in [-0.4, -0.2) is 10.2 Å². The number of hydrogen-bond acceptors (Lipinski definition) is 1. The number of aromatic nitrogens is 2. The first-order valence-electron chi connectivity index (χ1n) is 5.32. The zero-order valence-corrected chi connectivity index (χ0v) is 9.31. The Labute approximate surface area is 89.3 Å². The molecule has 1 aliphatic carbocycles. The van der Waals surface area contributed by atoms with Gasteiger partial charge in [0.2, 0.25) is 0 Å². The van der Waals surface area contributed by atoms with Crippen LogP contribution in [0.4, 0.5) is 0 Å². The van der Waals surface area contributed by atoms with Crippen molar-refractivity contribution < 1.29 is 0 Å². The Kier molecular flexibility index (Phi) is 1.58. The van der Waals surface area contributed by atoms with Crippen LogP contribution in [0.3, 0.4) is 0 Å². The van der Waals surface area contributed by atoms with E-state index in [1.54, 1.807) is 0 Å². The number of aromatic amines is 1. The first-order chi connectivity index (χ1) is 7.18. The highest BCUT2D eigenvalue weighted by molar-refractivity contribution is 5.78. The van der Waals surface area contributed by atoms with Crippen molar-refractivity contribution in [3.8, 4) is 11.3 Å². The predicted octanol–water partition coefficient (Wildman–Crippen LogP) is 2.91. The summed E-state index contributed by atoms with van der Waals surface area (Å²) in [6, 6.07) is 4.40. The van der Waals surface area contributed by atoms with Crippen molar-refractivity contribution in [2.45, 2.75) is 27.2 Å². The average molecular weight is 198 g/mol. The molecule has 1 N–H and O–H groups in total. The fraction of sp³-hybridized carbons (Fsp3) is 0.308. The molecule has 0 atom stereocenters. The Morgan fingerprint density at radius 2 is 1.80 bits per heavy atom. The number of hydrogen-bond donors (Lipinski definition) is 1. The molecule has 1 heterocycles. The van der Waals surface area contributed by atoms with Gasteiger partial charge in [-0.3, -0.25) is 5.10 Å². The largest absolute Gasteiger partial charge is 0.282 e. The van der Waals surface area contributed by atoms with Gasteiger partial charge in [0.05, 0.1) is 5.69 Å². The third-order valence-corrected chi connectivity index (χ3v) is 3.42. The van der Waals surface area contributed by atoms with Crippen LogP contribution in [0.2, 0.25) is 0 Å². The fourth-order valence-electron chi connectivity index (χ4n) is 2.48. The first kappa shape index (κ1) is 8.72. The van der Waals surface area contributed by atoms with E-state index in [1.165, 1.54) is 39.2 Å². The Balaban J connectivity index is 2.36. The van der Waals surface area contributed by atoms with Gasteiger partial charge >= 0.3 is 0 Å². The Hall–Kier alpha value is -1.57. The van der Waals surface area contributed by atoms with E-state index in [2.05, 4.69) is 43.1 Å². The molecule has 1 aromatic carbocycles. The number of H-pyrrole nitrogens is 1. The summed E-state index contributed by atoms with van der Waals surface area (Å²) >= 11 is 0. The molecular formula is C13H14N2. The molecule has 1 aromatic heterocycles. The lowest BCUT2D eigenvalue weighted by atomic mass is 9.99. The highest BCUT2D eigenvalue weighted by Crippen LogP contribution is 2.40. The van der Waals surface area contributed by atoms with E-state index in [-0.39, 0.29) is 0 Å². The van der Waals surface area contributed by atoms with Gasteiger partial charge in [-0.05, 0) is 37.5 Å². The monoisotopic (exact) mass is 198 g/mol. The normalized spacial score (nSPS) is 12.7. The van der Waals surface area contributed by atoms with Crippen LogP contribution in [0.15, 0.2) is 12.1 Å². The summed E-state index contributed by atoms with van der Waals surface area (Å²) < 4.78 is 0.